The van der Waals surface area contributed by atoms with E-state index < -0.39 is 32.7 Å². The van der Waals surface area contributed by atoms with Gasteiger partial charge in [-0.05, 0) is 42.5 Å². The van der Waals surface area contributed by atoms with Crippen molar-refractivity contribution in [3.05, 3.63) is 53.8 Å². The van der Waals surface area contributed by atoms with Crippen LogP contribution in [0, 0.1) is 17.1 Å². The number of sulfonamides is 1. The molecule has 0 aliphatic carbocycles. The van der Waals surface area contributed by atoms with Crippen LogP contribution in [0.25, 0.3) is 0 Å². The summed E-state index contributed by atoms with van der Waals surface area (Å²) in [6.07, 6.45) is 0. The highest BCUT2D eigenvalue weighted by Crippen LogP contribution is 2.29. The number of carbonyl (C=O) groups excluding carboxylic acids is 2. The van der Waals surface area contributed by atoms with Crippen LogP contribution in [0.2, 0.25) is 0 Å². The van der Waals surface area contributed by atoms with Crippen molar-refractivity contribution in [1.82, 2.24) is 19.6 Å². The molecule has 0 spiro atoms. The van der Waals surface area contributed by atoms with Gasteiger partial charge < -0.3 is 19.3 Å². The predicted octanol–water partition coefficient (Wildman–Crippen LogP) is 1.12. The lowest BCUT2D eigenvalue weighted by atomic mass is 10.2. The molecule has 4 rings (SSSR count). The van der Waals surface area contributed by atoms with E-state index in [-0.39, 0.29) is 37.2 Å². The molecule has 0 unspecified atom stereocenters. The first-order valence-corrected chi connectivity index (χ1v) is 12.7. The maximum atomic E-state index is 14.8. The number of carbonyl (C=O) groups is 2. The molecule has 2 aliphatic rings. The van der Waals surface area contributed by atoms with Crippen LogP contribution in [0.4, 0.5) is 9.18 Å². The predicted molar refractivity (Wildman–Crippen MR) is 125 cm³/mol. The highest BCUT2D eigenvalue weighted by molar-refractivity contribution is 7.89. The minimum atomic E-state index is -4.40. The first-order chi connectivity index (χ1) is 17.7. The van der Waals surface area contributed by atoms with Gasteiger partial charge in [0.25, 0.3) is 5.91 Å². The Hall–Kier alpha value is -3.77. The average molecular weight is 534 g/mol. The first-order valence-electron chi connectivity index (χ1n) is 11.3. The Morgan fingerprint density at radius 1 is 1.08 bits per heavy atom. The molecule has 2 fully saturated rings. The number of morpholine rings is 1. The number of rotatable bonds is 5. The Morgan fingerprint density at radius 2 is 1.78 bits per heavy atom. The van der Waals surface area contributed by atoms with Crippen LogP contribution >= 0.6 is 0 Å². The summed E-state index contributed by atoms with van der Waals surface area (Å²) in [7, 11) is -4.40. The molecule has 0 aromatic heterocycles. The lowest BCUT2D eigenvalue weighted by Crippen LogP contribution is -2.63. The summed E-state index contributed by atoms with van der Waals surface area (Å²) >= 11 is 0. The molecular weight excluding hydrogens is 509 g/mol. The number of hydroxylamine groups is 1. The van der Waals surface area contributed by atoms with E-state index in [9.17, 15) is 27.6 Å². The summed E-state index contributed by atoms with van der Waals surface area (Å²) < 4.78 is 53.1. The third kappa shape index (κ3) is 5.65. The second-order valence-corrected chi connectivity index (χ2v) is 10.2. The standard InChI is InChI=1S/C23H24FN5O7S/c24-19-13-18(5-6-21(19)36-17-3-1-16(14-25)2-4-17)37(33,34)29-8-7-28(15-20(29)22(30)26-32)23(31)27-9-11-35-12-10-27/h1-6,13,20,32H,7-12,15H2,(H,26,30)/t20-/m0/s1. The number of benzene rings is 2. The van der Waals surface area contributed by atoms with Gasteiger partial charge >= 0.3 is 6.03 Å². The summed E-state index contributed by atoms with van der Waals surface area (Å²) in [6.45, 7) is 0.918. The lowest BCUT2D eigenvalue weighted by molar-refractivity contribution is -0.134. The molecule has 12 nitrogen and oxygen atoms in total. The average Bonchev–Trinajstić information content (AvgIpc) is 2.93. The summed E-state index contributed by atoms with van der Waals surface area (Å²) in [4.78, 5) is 27.7. The SMILES string of the molecule is N#Cc1ccc(Oc2ccc(S(=O)(=O)N3CCN(C(=O)N4CCOCC4)C[C@H]3C(=O)NO)cc2F)cc1. The molecule has 2 aliphatic heterocycles. The Labute approximate surface area is 212 Å². The first kappa shape index (κ1) is 26.3. The monoisotopic (exact) mass is 533 g/mol. The molecule has 1 atom stereocenters. The fraction of sp³-hybridized carbons (Fsp3) is 0.348. The van der Waals surface area contributed by atoms with Crippen molar-refractivity contribution < 1.29 is 37.1 Å². The van der Waals surface area contributed by atoms with Gasteiger partial charge in [-0.2, -0.15) is 9.57 Å². The molecule has 2 aromatic carbocycles. The Balaban J connectivity index is 1.53. The smallest absolute Gasteiger partial charge is 0.320 e. The zero-order chi connectivity index (χ0) is 26.6. The van der Waals surface area contributed by atoms with Crippen molar-refractivity contribution in [2.24, 2.45) is 0 Å². The molecule has 2 N–H and O–H groups in total. The minimum Gasteiger partial charge on any atom is -0.454 e. The van der Waals surface area contributed by atoms with E-state index in [1.165, 1.54) is 34.6 Å². The second-order valence-electron chi connectivity index (χ2n) is 8.27. The number of hydrogen-bond donors (Lipinski definition) is 2. The van der Waals surface area contributed by atoms with Gasteiger partial charge in [0.2, 0.25) is 10.0 Å². The van der Waals surface area contributed by atoms with Crippen molar-refractivity contribution in [2.45, 2.75) is 10.9 Å². The Morgan fingerprint density at radius 3 is 2.41 bits per heavy atom. The van der Waals surface area contributed by atoms with Gasteiger partial charge in [0.05, 0.1) is 29.7 Å². The second kappa shape index (κ2) is 11.1. The van der Waals surface area contributed by atoms with Crippen LogP contribution in [-0.2, 0) is 19.6 Å². The van der Waals surface area contributed by atoms with Gasteiger partial charge in [-0.3, -0.25) is 10.0 Å². The van der Waals surface area contributed by atoms with Crippen molar-refractivity contribution in [3.8, 4) is 17.6 Å². The topological polar surface area (TPSA) is 153 Å². The zero-order valence-electron chi connectivity index (χ0n) is 19.5. The number of urea groups is 1. The van der Waals surface area contributed by atoms with Gasteiger partial charge in [-0.25, -0.2) is 23.1 Å². The van der Waals surface area contributed by atoms with Crippen LogP contribution in [0.5, 0.6) is 11.5 Å². The molecule has 0 saturated carbocycles. The summed E-state index contributed by atoms with van der Waals surface area (Å²) in [5, 5.41) is 18.1. The van der Waals surface area contributed by atoms with Crippen molar-refractivity contribution in [2.75, 3.05) is 45.9 Å². The molecule has 2 heterocycles. The third-order valence-electron chi connectivity index (χ3n) is 6.02. The summed E-state index contributed by atoms with van der Waals surface area (Å²) in [6, 6.07) is 9.11. The quantitative estimate of drug-likeness (QED) is 0.429. The van der Waals surface area contributed by atoms with Gasteiger partial charge in [-0.1, -0.05) is 0 Å². The molecular formula is C23H24FN5O7S. The number of piperazine rings is 1. The number of nitriles is 1. The van der Waals surface area contributed by atoms with E-state index in [4.69, 9.17) is 14.7 Å². The molecule has 2 aromatic rings. The molecule has 14 heteroatoms. The van der Waals surface area contributed by atoms with E-state index >= 15 is 0 Å². The highest BCUT2D eigenvalue weighted by atomic mass is 32.2. The molecule has 0 bridgehead atoms. The maximum Gasteiger partial charge on any atom is 0.320 e. The Kier molecular flexibility index (Phi) is 7.89. The molecule has 2 saturated heterocycles. The molecule has 0 radical (unpaired) electrons. The number of nitrogens with zero attached hydrogens (tertiary/aromatic N) is 4. The van der Waals surface area contributed by atoms with E-state index in [0.29, 0.717) is 31.9 Å². The highest BCUT2D eigenvalue weighted by Gasteiger charge is 2.42. The van der Waals surface area contributed by atoms with Gasteiger partial charge in [0.1, 0.15) is 11.8 Å². The fourth-order valence-electron chi connectivity index (χ4n) is 4.06. The van der Waals surface area contributed by atoms with E-state index in [2.05, 4.69) is 0 Å². The third-order valence-corrected chi connectivity index (χ3v) is 7.92. The number of amides is 3. The normalized spacial score (nSPS) is 18.7. The van der Waals surface area contributed by atoms with E-state index in [1.54, 1.807) is 4.90 Å². The van der Waals surface area contributed by atoms with Crippen LogP contribution in [0.3, 0.4) is 0 Å². The minimum absolute atomic E-state index is 0.00695. The van der Waals surface area contributed by atoms with Crippen LogP contribution in [0.1, 0.15) is 5.56 Å². The van der Waals surface area contributed by atoms with Crippen molar-refractivity contribution >= 4 is 22.0 Å². The number of halogens is 1. The van der Waals surface area contributed by atoms with Gasteiger partial charge in [0, 0.05) is 32.7 Å². The van der Waals surface area contributed by atoms with E-state index in [0.717, 1.165) is 22.5 Å². The van der Waals surface area contributed by atoms with Gasteiger partial charge in [0.15, 0.2) is 11.6 Å². The van der Waals surface area contributed by atoms with Crippen LogP contribution < -0.4 is 10.2 Å². The summed E-state index contributed by atoms with van der Waals surface area (Å²) in [5.41, 5.74) is 1.84. The molecule has 196 valence electrons. The number of ether oxygens (including phenoxy) is 2. The zero-order valence-corrected chi connectivity index (χ0v) is 20.4. The van der Waals surface area contributed by atoms with E-state index in [1.807, 2.05) is 6.07 Å². The van der Waals surface area contributed by atoms with Gasteiger partial charge in [-0.15, -0.1) is 0 Å². The molecule has 37 heavy (non-hydrogen) atoms. The number of hydrogen-bond acceptors (Lipinski definition) is 8. The fourth-order valence-corrected chi connectivity index (χ4v) is 5.64. The maximum absolute atomic E-state index is 14.8. The molecule has 3 amide bonds. The van der Waals surface area contributed by atoms with Crippen LogP contribution in [0.15, 0.2) is 47.4 Å². The van der Waals surface area contributed by atoms with Crippen molar-refractivity contribution in [3.63, 3.8) is 0 Å². The largest absolute Gasteiger partial charge is 0.454 e. The summed E-state index contributed by atoms with van der Waals surface area (Å²) in [5.74, 6) is -1.98. The lowest BCUT2D eigenvalue weighted by Gasteiger charge is -2.41. The van der Waals surface area contributed by atoms with Crippen molar-refractivity contribution in [1.29, 1.82) is 5.26 Å². The van der Waals surface area contributed by atoms with Crippen LogP contribution in [-0.4, -0.2) is 91.6 Å². The Bertz CT molecular complexity index is 1310. The number of nitrogens with one attached hydrogen (secondary N) is 1.